The van der Waals surface area contributed by atoms with Crippen LogP contribution in [0, 0.1) is 13.8 Å². The van der Waals surface area contributed by atoms with E-state index in [0.29, 0.717) is 6.54 Å². The first-order chi connectivity index (χ1) is 7.42. The van der Waals surface area contributed by atoms with E-state index >= 15 is 0 Å². The molecule has 16 heavy (non-hydrogen) atoms. The largest absolute Gasteiger partial charge is 0.496 e. The quantitative estimate of drug-likeness (QED) is 0.817. The van der Waals surface area contributed by atoms with Gasteiger partial charge >= 0.3 is 0 Å². The van der Waals surface area contributed by atoms with Gasteiger partial charge in [0.25, 0.3) is 0 Å². The third-order valence-corrected chi connectivity index (χ3v) is 2.72. The summed E-state index contributed by atoms with van der Waals surface area (Å²) >= 11 is 0. The summed E-state index contributed by atoms with van der Waals surface area (Å²) in [4.78, 5) is 0. The lowest BCUT2D eigenvalue weighted by Crippen LogP contribution is -2.34. The van der Waals surface area contributed by atoms with Crippen molar-refractivity contribution in [2.24, 2.45) is 0 Å². The Kier molecular flexibility index (Phi) is 3.94. The molecule has 0 aromatic heterocycles. The second kappa shape index (κ2) is 4.85. The highest BCUT2D eigenvalue weighted by molar-refractivity contribution is 5.46. The van der Waals surface area contributed by atoms with Gasteiger partial charge in [-0.2, -0.15) is 0 Å². The van der Waals surface area contributed by atoms with Crippen molar-refractivity contribution >= 4 is 0 Å². The van der Waals surface area contributed by atoms with Crippen LogP contribution in [0.3, 0.4) is 0 Å². The summed E-state index contributed by atoms with van der Waals surface area (Å²) in [6.45, 7) is 6.30. The van der Waals surface area contributed by atoms with Gasteiger partial charge in [0.2, 0.25) is 0 Å². The van der Waals surface area contributed by atoms with Crippen molar-refractivity contribution in [3.8, 4) is 5.75 Å². The number of benzene rings is 1. The zero-order chi connectivity index (χ0) is 12.3. The van der Waals surface area contributed by atoms with E-state index in [-0.39, 0.29) is 0 Å². The molecule has 0 aliphatic rings. The van der Waals surface area contributed by atoms with Crippen molar-refractivity contribution in [2.45, 2.75) is 26.4 Å². The molecule has 1 unspecified atom stereocenters. The van der Waals surface area contributed by atoms with Crippen LogP contribution in [0.15, 0.2) is 12.1 Å². The van der Waals surface area contributed by atoms with Gasteiger partial charge in [-0.1, -0.05) is 6.07 Å². The zero-order valence-electron chi connectivity index (χ0n) is 10.7. The van der Waals surface area contributed by atoms with Gasteiger partial charge in [-0.25, -0.2) is 0 Å². The summed E-state index contributed by atoms with van der Waals surface area (Å²) in [7, 11) is 3.46. The second-order valence-electron chi connectivity index (χ2n) is 4.46. The lowest BCUT2D eigenvalue weighted by atomic mass is 9.90. The number of aliphatic hydroxyl groups is 1. The van der Waals surface area contributed by atoms with Gasteiger partial charge in [0.1, 0.15) is 11.4 Å². The van der Waals surface area contributed by atoms with Crippen LogP contribution in [0.1, 0.15) is 23.6 Å². The Bertz CT molecular complexity index is 372. The molecule has 3 heteroatoms. The molecular formula is C13H21NO2. The van der Waals surface area contributed by atoms with Crippen molar-refractivity contribution < 1.29 is 9.84 Å². The maximum atomic E-state index is 10.4. The number of ether oxygens (including phenoxy) is 1. The summed E-state index contributed by atoms with van der Waals surface area (Å²) < 4.78 is 5.35. The number of aryl methyl sites for hydroxylation is 2. The third kappa shape index (κ3) is 2.54. The molecule has 1 aromatic carbocycles. The van der Waals surface area contributed by atoms with Crippen LogP contribution in [0.25, 0.3) is 0 Å². The first-order valence-electron chi connectivity index (χ1n) is 5.45. The fraction of sp³-hybridized carbons (Fsp3) is 0.538. The van der Waals surface area contributed by atoms with Crippen LogP contribution in [0.2, 0.25) is 0 Å². The van der Waals surface area contributed by atoms with E-state index in [2.05, 4.69) is 11.4 Å². The Hall–Kier alpha value is -1.06. The molecule has 0 amide bonds. The Morgan fingerprint density at radius 3 is 2.50 bits per heavy atom. The number of likely N-dealkylation sites (N-methyl/N-ethyl adjacent to an activating group) is 1. The number of hydrogen-bond donors (Lipinski definition) is 2. The van der Waals surface area contributed by atoms with E-state index in [0.717, 1.165) is 22.4 Å². The molecule has 1 atom stereocenters. The predicted molar refractivity (Wildman–Crippen MR) is 66.0 cm³/mol. The van der Waals surface area contributed by atoms with Crippen LogP contribution in [-0.4, -0.2) is 25.8 Å². The van der Waals surface area contributed by atoms with E-state index in [9.17, 15) is 5.11 Å². The average Bonchev–Trinajstić information content (AvgIpc) is 2.15. The van der Waals surface area contributed by atoms with Gasteiger partial charge in [-0.05, 0) is 45.0 Å². The minimum absolute atomic E-state index is 0.493. The molecule has 0 bridgehead atoms. The highest BCUT2D eigenvalue weighted by Crippen LogP contribution is 2.33. The summed E-state index contributed by atoms with van der Waals surface area (Å²) in [6, 6.07) is 4.01. The van der Waals surface area contributed by atoms with Crippen LogP contribution in [0.4, 0.5) is 0 Å². The molecule has 0 radical (unpaired) electrons. The molecule has 0 saturated heterocycles. The Labute approximate surface area is 97.4 Å². The Balaban J connectivity index is 3.31. The van der Waals surface area contributed by atoms with Gasteiger partial charge in [0, 0.05) is 12.1 Å². The van der Waals surface area contributed by atoms with Crippen molar-refractivity contribution in [2.75, 3.05) is 20.7 Å². The lowest BCUT2D eigenvalue weighted by molar-refractivity contribution is 0.0558. The van der Waals surface area contributed by atoms with Gasteiger partial charge in [-0.3, -0.25) is 0 Å². The van der Waals surface area contributed by atoms with Crippen LogP contribution in [0.5, 0.6) is 5.75 Å². The van der Waals surface area contributed by atoms with Crippen LogP contribution < -0.4 is 10.1 Å². The lowest BCUT2D eigenvalue weighted by Gasteiger charge is -2.27. The van der Waals surface area contributed by atoms with Crippen molar-refractivity contribution in [1.82, 2.24) is 5.32 Å². The topological polar surface area (TPSA) is 41.5 Å². The molecule has 1 aromatic rings. The third-order valence-electron chi connectivity index (χ3n) is 2.72. The number of rotatable bonds is 4. The molecule has 2 N–H and O–H groups in total. The number of hydrogen-bond acceptors (Lipinski definition) is 3. The summed E-state index contributed by atoms with van der Waals surface area (Å²) in [5.41, 5.74) is 2.13. The SMILES string of the molecule is CNCC(C)(O)c1c(C)cc(C)cc1OC. The predicted octanol–water partition coefficient (Wildman–Crippen LogP) is 1.74. The average molecular weight is 223 g/mol. The fourth-order valence-corrected chi connectivity index (χ4v) is 2.21. The summed E-state index contributed by atoms with van der Waals surface area (Å²) in [6.07, 6.45) is 0. The maximum Gasteiger partial charge on any atom is 0.125 e. The van der Waals surface area contributed by atoms with Gasteiger partial charge in [0.05, 0.1) is 7.11 Å². The van der Waals surface area contributed by atoms with Gasteiger partial charge < -0.3 is 15.2 Å². The van der Waals surface area contributed by atoms with Crippen molar-refractivity contribution in [3.63, 3.8) is 0 Å². The van der Waals surface area contributed by atoms with E-state index in [1.165, 1.54) is 0 Å². The molecule has 0 aliphatic heterocycles. The van der Waals surface area contributed by atoms with Crippen molar-refractivity contribution in [1.29, 1.82) is 0 Å². The maximum absolute atomic E-state index is 10.4. The molecule has 0 saturated carbocycles. The molecule has 0 spiro atoms. The van der Waals surface area contributed by atoms with E-state index in [4.69, 9.17) is 4.74 Å². The monoisotopic (exact) mass is 223 g/mol. The van der Waals surface area contributed by atoms with Gasteiger partial charge in [-0.15, -0.1) is 0 Å². The molecule has 90 valence electrons. The van der Waals surface area contributed by atoms with Crippen LogP contribution in [-0.2, 0) is 5.60 Å². The molecule has 0 fully saturated rings. The first kappa shape index (κ1) is 13.0. The standard InChI is InChI=1S/C13H21NO2/c1-9-6-10(2)12(11(7-9)16-5)13(3,15)8-14-4/h6-7,14-15H,8H2,1-5H3. The molecule has 0 aliphatic carbocycles. The van der Waals surface area contributed by atoms with E-state index < -0.39 is 5.60 Å². The second-order valence-corrected chi connectivity index (χ2v) is 4.46. The summed E-state index contributed by atoms with van der Waals surface area (Å²) in [5, 5.41) is 13.4. The summed E-state index contributed by atoms with van der Waals surface area (Å²) in [5.74, 6) is 0.748. The minimum Gasteiger partial charge on any atom is -0.496 e. The minimum atomic E-state index is -0.919. The fourth-order valence-electron chi connectivity index (χ4n) is 2.21. The zero-order valence-corrected chi connectivity index (χ0v) is 10.7. The van der Waals surface area contributed by atoms with Gasteiger partial charge in [0.15, 0.2) is 0 Å². The smallest absolute Gasteiger partial charge is 0.125 e. The van der Waals surface area contributed by atoms with E-state index in [1.807, 2.05) is 27.0 Å². The molecule has 3 nitrogen and oxygen atoms in total. The van der Waals surface area contributed by atoms with Crippen LogP contribution >= 0.6 is 0 Å². The van der Waals surface area contributed by atoms with Crippen molar-refractivity contribution in [3.05, 3.63) is 28.8 Å². The Morgan fingerprint density at radius 2 is 2.00 bits per heavy atom. The normalized spacial score (nSPS) is 14.6. The van der Waals surface area contributed by atoms with E-state index in [1.54, 1.807) is 14.0 Å². The molecule has 1 rings (SSSR count). The molecule has 0 heterocycles. The number of methoxy groups -OCH3 is 1. The first-order valence-corrected chi connectivity index (χ1v) is 5.45. The highest BCUT2D eigenvalue weighted by Gasteiger charge is 2.28. The number of nitrogens with one attached hydrogen (secondary N) is 1. The highest BCUT2D eigenvalue weighted by atomic mass is 16.5. The Morgan fingerprint density at radius 1 is 1.38 bits per heavy atom. The molecular weight excluding hydrogens is 202 g/mol.